The zero-order valence-corrected chi connectivity index (χ0v) is 10.1. The molecule has 0 fully saturated rings. The van der Waals surface area contributed by atoms with Gasteiger partial charge in [-0.1, -0.05) is 19.9 Å². The number of halogens is 3. The van der Waals surface area contributed by atoms with E-state index in [0.29, 0.717) is 5.69 Å². The molecule has 0 saturated heterocycles. The fraction of sp³-hybridized carbons (Fsp3) is 0.583. The number of alkyl halides is 3. The van der Waals surface area contributed by atoms with Crippen LogP contribution in [0.1, 0.15) is 38.1 Å². The molecule has 1 aromatic rings. The van der Waals surface area contributed by atoms with Crippen LogP contribution in [-0.2, 0) is 6.18 Å². The van der Waals surface area contributed by atoms with E-state index in [-0.39, 0.29) is 17.9 Å². The summed E-state index contributed by atoms with van der Waals surface area (Å²) in [5, 5.41) is 0. The van der Waals surface area contributed by atoms with E-state index in [0.717, 1.165) is 6.07 Å². The van der Waals surface area contributed by atoms with Gasteiger partial charge in [-0.3, -0.25) is 0 Å². The molecule has 5 heteroatoms. The van der Waals surface area contributed by atoms with Crippen molar-refractivity contribution in [1.82, 2.24) is 4.98 Å². The van der Waals surface area contributed by atoms with Crippen LogP contribution >= 0.6 is 0 Å². The second-order valence-electron chi connectivity index (χ2n) is 4.57. The zero-order chi connectivity index (χ0) is 13.2. The van der Waals surface area contributed by atoms with Crippen molar-refractivity contribution in [3.63, 3.8) is 0 Å². The van der Waals surface area contributed by atoms with Crippen LogP contribution in [0.3, 0.4) is 0 Å². The lowest BCUT2D eigenvalue weighted by Crippen LogP contribution is -2.29. The lowest BCUT2D eigenvalue weighted by molar-refractivity contribution is -0.141. The quantitative estimate of drug-likeness (QED) is 0.889. The summed E-state index contributed by atoms with van der Waals surface area (Å²) in [5.74, 6) is -0.0247. The highest BCUT2D eigenvalue weighted by Gasteiger charge is 2.33. The maximum Gasteiger partial charge on any atom is 0.433 e. The van der Waals surface area contributed by atoms with Crippen molar-refractivity contribution >= 4 is 0 Å². The Hall–Kier alpha value is -1.10. The molecule has 2 nitrogen and oxygen atoms in total. The van der Waals surface area contributed by atoms with E-state index in [1.54, 1.807) is 13.0 Å². The van der Waals surface area contributed by atoms with Gasteiger partial charge in [0.05, 0.1) is 0 Å². The summed E-state index contributed by atoms with van der Waals surface area (Å²) in [7, 11) is 0. The number of pyridine rings is 1. The third kappa shape index (κ3) is 3.43. The highest BCUT2D eigenvalue weighted by atomic mass is 19.4. The van der Waals surface area contributed by atoms with Crippen LogP contribution in [0.25, 0.3) is 0 Å². The smallest absolute Gasteiger partial charge is 0.327 e. The molecule has 1 aromatic heterocycles. The SMILES string of the molecule is CC(C)C(c1cccc(C(F)(F)F)n1)C(C)N. The molecule has 2 atom stereocenters. The summed E-state index contributed by atoms with van der Waals surface area (Å²) >= 11 is 0. The van der Waals surface area contributed by atoms with Crippen molar-refractivity contribution in [2.24, 2.45) is 11.7 Å². The summed E-state index contributed by atoms with van der Waals surface area (Å²) in [4.78, 5) is 3.68. The Balaban J connectivity index is 3.14. The Morgan fingerprint density at radius 2 is 1.76 bits per heavy atom. The van der Waals surface area contributed by atoms with Crippen molar-refractivity contribution in [2.45, 2.75) is 38.9 Å². The Morgan fingerprint density at radius 3 is 2.18 bits per heavy atom. The van der Waals surface area contributed by atoms with E-state index >= 15 is 0 Å². The number of hydrogen-bond acceptors (Lipinski definition) is 2. The molecular formula is C12H17F3N2. The molecule has 1 rings (SSSR count). The molecule has 96 valence electrons. The fourth-order valence-corrected chi connectivity index (χ4v) is 2.01. The lowest BCUT2D eigenvalue weighted by atomic mass is 9.86. The third-order valence-electron chi connectivity index (χ3n) is 2.69. The second-order valence-corrected chi connectivity index (χ2v) is 4.57. The standard InChI is InChI=1S/C12H17F3N2/c1-7(2)11(8(3)16)9-5-4-6-10(17-9)12(13,14)15/h4-8,11H,16H2,1-3H3. The Morgan fingerprint density at radius 1 is 1.18 bits per heavy atom. The van der Waals surface area contributed by atoms with Gasteiger partial charge >= 0.3 is 6.18 Å². The molecule has 0 spiro atoms. The first kappa shape index (κ1) is 14.0. The van der Waals surface area contributed by atoms with Gasteiger partial charge in [-0.25, -0.2) is 4.98 Å². The van der Waals surface area contributed by atoms with Gasteiger partial charge < -0.3 is 5.73 Å². The Labute approximate surface area is 99.0 Å². The number of rotatable bonds is 3. The number of aromatic nitrogens is 1. The molecule has 0 bridgehead atoms. The van der Waals surface area contributed by atoms with Gasteiger partial charge in [-0.05, 0) is 25.0 Å². The van der Waals surface area contributed by atoms with E-state index < -0.39 is 11.9 Å². The van der Waals surface area contributed by atoms with Crippen LogP contribution < -0.4 is 5.73 Å². The van der Waals surface area contributed by atoms with Gasteiger partial charge in [0.2, 0.25) is 0 Å². The first-order valence-corrected chi connectivity index (χ1v) is 5.53. The van der Waals surface area contributed by atoms with Crippen LogP contribution in [0.4, 0.5) is 13.2 Å². The normalized spacial score (nSPS) is 16.0. The highest BCUT2D eigenvalue weighted by Crippen LogP contribution is 2.31. The van der Waals surface area contributed by atoms with Gasteiger partial charge in [0.25, 0.3) is 0 Å². The Bertz CT molecular complexity index is 364. The summed E-state index contributed by atoms with van der Waals surface area (Å²) in [6.07, 6.45) is -4.41. The van der Waals surface area contributed by atoms with E-state index in [4.69, 9.17) is 5.73 Å². The summed E-state index contributed by atoms with van der Waals surface area (Å²) < 4.78 is 37.6. The van der Waals surface area contributed by atoms with Crippen LogP contribution in [-0.4, -0.2) is 11.0 Å². The molecule has 17 heavy (non-hydrogen) atoms. The maximum atomic E-state index is 12.5. The molecule has 0 aliphatic carbocycles. The largest absolute Gasteiger partial charge is 0.433 e. The van der Waals surface area contributed by atoms with Crippen molar-refractivity contribution in [2.75, 3.05) is 0 Å². The van der Waals surface area contributed by atoms with Gasteiger partial charge in [0, 0.05) is 17.7 Å². The molecular weight excluding hydrogens is 229 g/mol. The van der Waals surface area contributed by atoms with Gasteiger partial charge in [0.15, 0.2) is 0 Å². The van der Waals surface area contributed by atoms with Crippen molar-refractivity contribution in [1.29, 1.82) is 0 Å². The zero-order valence-electron chi connectivity index (χ0n) is 10.1. The number of nitrogens with two attached hydrogens (primary N) is 1. The van der Waals surface area contributed by atoms with Gasteiger partial charge in [-0.15, -0.1) is 0 Å². The minimum atomic E-state index is -4.41. The monoisotopic (exact) mass is 246 g/mol. The molecule has 0 radical (unpaired) electrons. The molecule has 2 unspecified atom stereocenters. The molecule has 0 aliphatic heterocycles. The molecule has 0 aromatic carbocycles. The minimum absolute atomic E-state index is 0.144. The van der Waals surface area contributed by atoms with Crippen molar-refractivity contribution < 1.29 is 13.2 Å². The summed E-state index contributed by atoms with van der Waals surface area (Å²) in [5.41, 5.74) is 5.35. The van der Waals surface area contributed by atoms with E-state index in [1.165, 1.54) is 6.07 Å². The van der Waals surface area contributed by atoms with E-state index in [9.17, 15) is 13.2 Å². The first-order valence-electron chi connectivity index (χ1n) is 5.53. The minimum Gasteiger partial charge on any atom is -0.327 e. The molecule has 0 amide bonds. The predicted molar refractivity (Wildman–Crippen MR) is 60.5 cm³/mol. The summed E-state index contributed by atoms with van der Waals surface area (Å²) in [6.45, 7) is 5.64. The number of hydrogen-bond donors (Lipinski definition) is 1. The topological polar surface area (TPSA) is 38.9 Å². The second kappa shape index (κ2) is 5.04. The van der Waals surface area contributed by atoms with Crippen molar-refractivity contribution in [3.05, 3.63) is 29.6 Å². The average molecular weight is 246 g/mol. The first-order chi connectivity index (χ1) is 7.73. The van der Waals surface area contributed by atoms with E-state index in [2.05, 4.69) is 4.98 Å². The number of nitrogens with zero attached hydrogens (tertiary/aromatic N) is 1. The molecule has 0 aliphatic rings. The molecule has 2 N–H and O–H groups in total. The van der Waals surface area contributed by atoms with Crippen LogP contribution in [0, 0.1) is 5.92 Å². The van der Waals surface area contributed by atoms with Crippen LogP contribution in [0.2, 0.25) is 0 Å². The average Bonchev–Trinajstić information content (AvgIpc) is 2.15. The van der Waals surface area contributed by atoms with E-state index in [1.807, 2.05) is 13.8 Å². The molecule has 1 heterocycles. The lowest BCUT2D eigenvalue weighted by Gasteiger charge is -2.24. The Kier molecular flexibility index (Phi) is 4.14. The van der Waals surface area contributed by atoms with Crippen LogP contribution in [0.5, 0.6) is 0 Å². The van der Waals surface area contributed by atoms with Crippen LogP contribution in [0.15, 0.2) is 18.2 Å². The maximum absolute atomic E-state index is 12.5. The predicted octanol–water partition coefficient (Wildman–Crippen LogP) is 3.19. The van der Waals surface area contributed by atoms with Gasteiger partial charge in [-0.2, -0.15) is 13.2 Å². The van der Waals surface area contributed by atoms with Crippen molar-refractivity contribution in [3.8, 4) is 0 Å². The van der Waals surface area contributed by atoms with Gasteiger partial charge in [0.1, 0.15) is 5.69 Å². The summed E-state index contributed by atoms with van der Waals surface area (Å²) in [6, 6.07) is 3.72. The fourth-order valence-electron chi connectivity index (χ4n) is 2.01. The molecule has 0 saturated carbocycles. The third-order valence-corrected chi connectivity index (χ3v) is 2.69. The highest BCUT2D eigenvalue weighted by molar-refractivity contribution is 5.18.